The molecule has 12 heteroatoms. The summed E-state index contributed by atoms with van der Waals surface area (Å²) in [6.45, 7) is 6.32. The van der Waals surface area contributed by atoms with Crippen LogP contribution >= 0.6 is 0 Å². The number of aliphatic hydroxyl groups is 2. The number of sulfone groups is 2. The van der Waals surface area contributed by atoms with Gasteiger partial charge in [-0.25, -0.2) is 16.8 Å². The van der Waals surface area contributed by atoms with Crippen LogP contribution < -0.4 is 18.9 Å². The van der Waals surface area contributed by atoms with Gasteiger partial charge in [0.05, 0.1) is 9.79 Å². The number of hydrogen-bond donors (Lipinski definition) is 2. The molecule has 0 atom stereocenters. The Morgan fingerprint density at radius 1 is 0.391 bits per heavy atom. The maximum Gasteiger partial charge on any atom is 0.210 e. The number of benzene rings is 7. The SMILES string of the molecule is CC(C)(O)C#Cc1cccc(Oc2ccccc2S(=O)(=O)c2ccc(Oc3cccc(Oc4ccc(S(=O)(=O)c5ccccc5Oc5cccc(C#CC(C)(C)O)c5)cc4)c3)cc2)c1. The van der Waals surface area contributed by atoms with E-state index in [0.717, 1.165) is 0 Å². The van der Waals surface area contributed by atoms with Crippen molar-refractivity contribution in [1.82, 2.24) is 0 Å². The second-order valence-electron chi connectivity index (χ2n) is 15.4. The zero-order valence-electron chi connectivity index (χ0n) is 35.1. The highest BCUT2D eigenvalue weighted by Gasteiger charge is 2.24. The molecule has 7 rings (SSSR count). The lowest BCUT2D eigenvalue weighted by Crippen LogP contribution is -2.14. The Morgan fingerprint density at radius 2 is 0.734 bits per heavy atom. The zero-order valence-corrected chi connectivity index (χ0v) is 36.8. The normalized spacial score (nSPS) is 11.6. The van der Waals surface area contributed by atoms with Gasteiger partial charge in [0.2, 0.25) is 19.7 Å². The Labute approximate surface area is 373 Å². The molecule has 0 aliphatic rings. The molecule has 0 aliphatic heterocycles. The third-order valence-corrected chi connectivity index (χ3v) is 12.6. The fourth-order valence-electron chi connectivity index (χ4n) is 5.99. The average Bonchev–Trinajstić information content (AvgIpc) is 3.26. The molecule has 0 aromatic heterocycles. The molecule has 0 spiro atoms. The highest BCUT2D eigenvalue weighted by atomic mass is 32.2. The van der Waals surface area contributed by atoms with Gasteiger partial charge in [-0.05, 0) is 149 Å². The molecule has 2 N–H and O–H groups in total. The van der Waals surface area contributed by atoms with Crippen molar-refractivity contribution in [3.8, 4) is 69.7 Å². The van der Waals surface area contributed by atoms with Crippen molar-refractivity contribution < 1.29 is 46.0 Å². The van der Waals surface area contributed by atoms with E-state index in [9.17, 15) is 27.0 Å². The predicted molar refractivity (Wildman–Crippen MR) is 243 cm³/mol. The topological polar surface area (TPSA) is 146 Å². The van der Waals surface area contributed by atoms with Crippen LogP contribution in [-0.4, -0.2) is 38.3 Å². The molecule has 0 unspecified atom stereocenters. The number of rotatable bonds is 12. The first kappa shape index (κ1) is 44.7. The van der Waals surface area contributed by atoms with Gasteiger partial charge in [0.1, 0.15) is 67.0 Å². The van der Waals surface area contributed by atoms with E-state index < -0.39 is 30.9 Å². The first-order valence-corrected chi connectivity index (χ1v) is 22.8. The quantitative estimate of drug-likeness (QED) is 0.114. The van der Waals surface area contributed by atoms with Crippen molar-refractivity contribution >= 4 is 19.7 Å². The lowest BCUT2D eigenvalue weighted by Gasteiger charge is -2.13. The highest BCUT2D eigenvalue weighted by Crippen LogP contribution is 2.36. The first-order chi connectivity index (χ1) is 30.4. The molecule has 7 aromatic rings. The zero-order chi connectivity index (χ0) is 45.5. The van der Waals surface area contributed by atoms with Crippen LogP contribution in [-0.2, 0) is 19.7 Å². The Balaban J connectivity index is 1.01. The van der Waals surface area contributed by atoms with Gasteiger partial charge >= 0.3 is 0 Å². The van der Waals surface area contributed by atoms with Crippen LogP contribution in [0.1, 0.15) is 38.8 Å². The molecule has 0 saturated carbocycles. The van der Waals surface area contributed by atoms with E-state index in [1.165, 1.54) is 36.4 Å². The van der Waals surface area contributed by atoms with Gasteiger partial charge in [-0.2, -0.15) is 0 Å². The van der Waals surface area contributed by atoms with Gasteiger partial charge in [0, 0.05) is 17.2 Å². The summed E-state index contributed by atoms with van der Waals surface area (Å²) in [5, 5.41) is 19.9. The molecule has 0 bridgehead atoms. The predicted octanol–water partition coefficient (Wildman–Crippen LogP) is 10.8. The van der Waals surface area contributed by atoms with Crippen molar-refractivity contribution in [1.29, 1.82) is 0 Å². The maximum atomic E-state index is 13.9. The van der Waals surface area contributed by atoms with Gasteiger partial charge < -0.3 is 29.2 Å². The van der Waals surface area contributed by atoms with Crippen LogP contribution in [0.25, 0.3) is 0 Å². The van der Waals surface area contributed by atoms with Gasteiger partial charge in [0.15, 0.2) is 0 Å². The molecule has 10 nitrogen and oxygen atoms in total. The molecule has 322 valence electrons. The average molecular weight is 891 g/mol. The Kier molecular flexibility index (Phi) is 13.0. The van der Waals surface area contributed by atoms with Crippen molar-refractivity contribution in [2.24, 2.45) is 0 Å². The van der Waals surface area contributed by atoms with E-state index in [-0.39, 0.29) is 31.1 Å². The fourth-order valence-corrected chi connectivity index (χ4v) is 8.75. The summed E-state index contributed by atoms with van der Waals surface area (Å²) in [6.07, 6.45) is 0. The summed E-state index contributed by atoms with van der Waals surface area (Å²) < 4.78 is 79.6. The Bertz CT molecular complexity index is 2950. The molecule has 0 radical (unpaired) electrons. The minimum Gasteiger partial charge on any atom is -0.457 e. The lowest BCUT2D eigenvalue weighted by atomic mass is 10.1. The first-order valence-electron chi connectivity index (χ1n) is 19.8. The Hall–Kier alpha value is -7.32. The van der Waals surface area contributed by atoms with E-state index in [1.807, 2.05) is 0 Å². The van der Waals surface area contributed by atoms with Crippen LogP contribution in [0.4, 0.5) is 0 Å². The second-order valence-corrected chi connectivity index (χ2v) is 19.2. The largest absolute Gasteiger partial charge is 0.457 e. The summed E-state index contributed by atoms with van der Waals surface area (Å²) in [6, 6.07) is 45.1. The Morgan fingerprint density at radius 3 is 1.11 bits per heavy atom. The summed E-state index contributed by atoms with van der Waals surface area (Å²) in [5.41, 5.74) is -1.17. The van der Waals surface area contributed by atoms with E-state index in [4.69, 9.17) is 18.9 Å². The molecular formula is C52H42O10S2. The molecule has 0 amide bonds. The summed E-state index contributed by atoms with van der Waals surface area (Å²) in [5.74, 6) is 13.9. The summed E-state index contributed by atoms with van der Waals surface area (Å²) >= 11 is 0. The van der Waals surface area contributed by atoms with Crippen LogP contribution in [0.15, 0.2) is 189 Å². The molecule has 0 fully saturated rings. The molecule has 0 aliphatic carbocycles. The standard InChI is InChI=1S/C52H42O10S2/c1-51(2,53)32-30-37-12-9-14-41(34-37)61-47-18-5-7-20-49(47)63(55,56)45-26-22-39(23-27-45)59-43-16-11-17-44(36-43)60-40-24-28-46(29-25-40)64(57,58)50-21-8-6-19-48(50)62-42-15-10-13-38(35-42)31-33-52(3,4)54/h5-29,34-36,53-54H,1-4H3. The minimum atomic E-state index is -4.03. The van der Waals surface area contributed by atoms with Gasteiger partial charge in [0.25, 0.3) is 0 Å². The van der Waals surface area contributed by atoms with Crippen molar-refractivity contribution in [2.45, 2.75) is 58.5 Å². The van der Waals surface area contributed by atoms with Crippen molar-refractivity contribution in [3.63, 3.8) is 0 Å². The summed E-state index contributed by atoms with van der Waals surface area (Å²) in [7, 11) is -8.05. The van der Waals surface area contributed by atoms with Crippen LogP contribution in [0.2, 0.25) is 0 Å². The minimum absolute atomic E-state index is 0.0268. The van der Waals surface area contributed by atoms with Crippen molar-refractivity contribution in [3.05, 3.63) is 181 Å². The van der Waals surface area contributed by atoms with Crippen LogP contribution in [0, 0.1) is 23.7 Å². The molecular weight excluding hydrogens is 849 g/mol. The molecule has 7 aromatic carbocycles. The lowest BCUT2D eigenvalue weighted by molar-refractivity contribution is 0.143. The number of hydrogen-bond acceptors (Lipinski definition) is 10. The van der Waals surface area contributed by atoms with Gasteiger partial charge in [-0.3, -0.25) is 0 Å². The van der Waals surface area contributed by atoms with E-state index in [1.54, 1.807) is 161 Å². The van der Waals surface area contributed by atoms with Crippen LogP contribution in [0.5, 0.6) is 46.0 Å². The van der Waals surface area contributed by atoms with E-state index >= 15 is 0 Å². The van der Waals surface area contributed by atoms with Gasteiger partial charge in [-0.1, -0.05) is 66.1 Å². The van der Waals surface area contributed by atoms with E-state index in [0.29, 0.717) is 45.6 Å². The van der Waals surface area contributed by atoms with Gasteiger partial charge in [-0.15, -0.1) is 0 Å². The third kappa shape index (κ3) is 11.6. The molecule has 0 heterocycles. The van der Waals surface area contributed by atoms with Crippen LogP contribution in [0.3, 0.4) is 0 Å². The van der Waals surface area contributed by atoms with E-state index in [2.05, 4.69) is 23.7 Å². The second kappa shape index (κ2) is 18.6. The fraction of sp³-hybridized carbons (Fsp3) is 0.115. The third-order valence-electron chi connectivity index (χ3n) is 8.97. The molecule has 64 heavy (non-hydrogen) atoms. The number of para-hydroxylation sites is 2. The highest BCUT2D eigenvalue weighted by molar-refractivity contribution is 7.92. The monoisotopic (exact) mass is 890 g/mol. The maximum absolute atomic E-state index is 13.9. The van der Waals surface area contributed by atoms with Crippen molar-refractivity contribution in [2.75, 3.05) is 0 Å². The molecule has 0 saturated heterocycles. The number of ether oxygens (including phenoxy) is 4. The smallest absolute Gasteiger partial charge is 0.210 e. The summed E-state index contributed by atoms with van der Waals surface area (Å²) in [4.78, 5) is -0.00342.